The average molecular weight is 379 g/mol. The maximum Gasteiger partial charge on any atom is 0.308 e. The van der Waals surface area contributed by atoms with Crippen molar-refractivity contribution in [3.05, 3.63) is 48.0 Å². The number of carboxylic acid groups (broad SMARTS) is 1. The van der Waals surface area contributed by atoms with Gasteiger partial charge in [0.25, 0.3) is 5.91 Å². The molecule has 0 aliphatic carbocycles. The molecule has 2 aromatic heterocycles. The monoisotopic (exact) mass is 379 g/mol. The molecule has 1 fully saturated rings. The van der Waals surface area contributed by atoms with Crippen molar-refractivity contribution in [1.29, 1.82) is 0 Å². The first-order chi connectivity index (χ1) is 13.5. The Balaban J connectivity index is 1.68. The summed E-state index contributed by atoms with van der Waals surface area (Å²) in [5.41, 5.74) is 1.70. The van der Waals surface area contributed by atoms with Gasteiger partial charge in [0, 0.05) is 36.3 Å². The number of rotatable bonds is 3. The number of hydrogen-bond donors (Lipinski definition) is 1. The van der Waals surface area contributed by atoms with Crippen LogP contribution < -0.4 is 0 Å². The topological polar surface area (TPSA) is 101 Å². The molecule has 4 rings (SSSR count). The minimum absolute atomic E-state index is 0.125. The molecule has 3 heterocycles. The number of pyridine rings is 1. The van der Waals surface area contributed by atoms with E-state index in [1.54, 1.807) is 28.9 Å². The van der Waals surface area contributed by atoms with E-state index in [0.717, 1.165) is 16.5 Å². The lowest BCUT2D eigenvalue weighted by molar-refractivity contribution is -0.143. The third-order valence-electron chi connectivity index (χ3n) is 5.28. The Morgan fingerprint density at radius 3 is 2.82 bits per heavy atom. The third-order valence-corrected chi connectivity index (χ3v) is 5.28. The van der Waals surface area contributed by atoms with Crippen LogP contribution in [-0.2, 0) is 4.79 Å². The molecule has 0 radical (unpaired) electrons. The maximum atomic E-state index is 13.0. The van der Waals surface area contributed by atoms with Crippen LogP contribution >= 0.6 is 0 Å². The van der Waals surface area contributed by atoms with Gasteiger partial charge in [0.1, 0.15) is 0 Å². The van der Waals surface area contributed by atoms with E-state index < -0.39 is 11.9 Å². The fourth-order valence-corrected chi connectivity index (χ4v) is 3.89. The number of carboxylic acids is 1. The molecule has 3 aromatic rings. The molecular formula is C20H21N5O3. The molecule has 0 saturated carbocycles. The lowest BCUT2D eigenvalue weighted by Gasteiger charge is -2.34. The number of carbonyl (C=O) groups excluding carboxylic acids is 1. The summed E-state index contributed by atoms with van der Waals surface area (Å²) in [5.74, 6) is -1.56. The van der Waals surface area contributed by atoms with Crippen molar-refractivity contribution in [2.24, 2.45) is 11.8 Å². The van der Waals surface area contributed by atoms with Crippen molar-refractivity contribution in [1.82, 2.24) is 24.9 Å². The second-order valence-electron chi connectivity index (χ2n) is 7.40. The Morgan fingerprint density at radius 2 is 2.04 bits per heavy atom. The van der Waals surface area contributed by atoms with Gasteiger partial charge in [-0.2, -0.15) is 0 Å². The Bertz CT molecular complexity index is 1060. The summed E-state index contributed by atoms with van der Waals surface area (Å²) in [6, 6.07) is 7.69. The van der Waals surface area contributed by atoms with Crippen LogP contribution in [0, 0.1) is 18.8 Å². The number of amides is 1. The normalized spacial score (nSPS) is 19.7. The highest BCUT2D eigenvalue weighted by molar-refractivity contribution is 5.94. The van der Waals surface area contributed by atoms with Gasteiger partial charge < -0.3 is 10.0 Å². The van der Waals surface area contributed by atoms with Crippen molar-refractivity contribution in [2.75, 3.05) is 13.1 Å². The number of nitrogens with zero attached hydrogens (tertiary/aromatic N) is 5. The van der Waals surface area contributed by atoms with E-state index >= 15 is 0 Å². The fourth-order valence-electron chi connectivity index (χ4n) is 3.89. The second kappa shape index (κ2) is 7.03. The van der Waals surface area contributed by atoms with E-state index in [1.807, 2.05) is 31.2 Å². The number of aliphatic carboxylic acids is 1. The highest BCUT2D eigenvalue weighted by atomic mass is 16.4. The number of fused-ring (bicyclic) bond motifs is 1. The van der Waals surface area contributed by atoms with Crippen molar-refractivity contribution in [3.8, 4) is 5.69 Å². The van der Waals surface area contributed by atoms with Crippen molar-refractivity contribution in [2.45, 2.75) is 20.3 Å². The lowest BCUT2D eigenvalue weighted by Crippen LogP contribution is -2.45. The summed E-state index contributed by atoms with van der Waals surface area (Å²) >= 11 is 0. The van der Waals surface area contributed by atoms with Gasteiger partial charge in [-0.15, -0.1) is 5.10 Å². The van der Waals surface area contributed by atoms with Crippen LogP contribution in [0.25, 0.3) is 16.5 Å². The Morgan fingerprint density at radius 1 is 1.21 bits per heavy atom. The molecule has 8 nitrogen and oxygen atoms in total. The van der Waals surface area contributed by atoms with Gasteiger partial charge in [-0.3, -0.25) is 14.6 Å². The summed E-state index contributed by atoms with van der Waals surface area (Å²) in [7, 11) is 0. The SMILES string of the molecule is Cc1c(C(=O)N2CC(C)CC(C(=O)O)C2)nnn1-c1cccc2cnccc12. The molecule has 2 unspecified atom stereocenters. The predicted octanol–water partition coefficient (Wildman–Crippen LogP) is 2.31. The standard InChI is InChI=1S/C20H21N5O3/c1-12-8-15(20(27)28)11-24(10-12)19(26)18-13(2)25(23-22-18)17-5-3-4-14-9-21-7-6-16(14)17/h3-7,9,12,15H,8,10-11H2,1-2H3,(H,27,28). The third kappa shape index (κ3) is 3.11. The van der Waals surface area contributed by atoms with Crippen LogP contribution in [0.4, 0.5) is 0 Å². The van der Waals surface area contributed by atoms with Gasteiger partial charge in [0.05, 0.1) is 17.3 Å². The zero-order chi connectivity index (χ0) is 19.8. The molecule has 2 atom stereocenters. The van der Waals surface area contributed by atoms with Crippen LogP contribution in [-0.4, -0.2) is 55.0 Å². The van der Waals surface area contributed by atoms with E-state index in [-0.39, 0.29) is 24.1 Å². The van der Waals surface area contributed by atoms with Crippen LogP contribution in [0.5, 0.6) is 0 Å². The zero-order valence-electron chi connectivity index (χ0n) is 15.7. The van der Waals surface area contributed by atoms with Crippen molar-refractivity contribution in [3.63, 3.8) is 0 Å². The van der Waals surface area contributed by atoms with Gasteiger partial charge in [-0.05, 0) is 31.4 Å². The maximum absolute atomic E-state index is 13.0. The van der Waals surface area contributed by atoms with E-state index in [1.165, 1.54) is 0 Å². The van der Waals surface area contributed by atoms with Gasteiger partial charge in [0.2, 0.25) is 0 Å². The molecule has 1 amide bonds. The minimum Gasteiger partial charge on any atom is -0.481 e. The van der Waals surface area contributed by atoms with E-state index in [2.05, 4.69) is 15.3 Å². The summed E-state index contributed by atoms with van der Waals surface area (Å²) in [6.07, 6.45) is 4.07. The predicted molar refractivity (Wildman–Crippen MR) is 102 cm³/mol. The molecule has 144 valence electrons. The Labute approximate surface area is 161 Å². The van der Waals surface area contributed by atoms with Crippen LogP contribution in [0.15, 0.2) is 36.7 Å². The van der Waals surface area contributed by atoms with E-state index in [0.29, 0.717) is 18.7 Å². The number of carbonyl (C=O) groups is 2. The molecule has 1 N–H and O–H groups in total. The summed E-state index contributed by atoms with van der Waals surface area (Å²) in [4.78, 5) is 30.2. The highest BCUT2D eigenvalue weighted by Crippen LogP contribution is 2.25. The van der Waals surface area contributed by atoms with E-state index in [4.69, 9.17) is 0 Å². The second-order valence-corrected chi connectivity index (χ2v) is 7.40. The number of benzene rings is 1. The first kappa shape index (κ1) is 18.1. The first-order valence-electron chi connectivity index (χ1n) is 9.23. The zero-order valence-corrected chi connectivity index (χ0v) is 15.7. The minimum atomic E-state index is -0.867. The van der Waals surface area contributed by atoms with Gasteiger partial charge >= 0.3 is 5.97 Å². The molecule has 1 aromatic carbocycles. The van der Waals surface area contributed by atoms with Gasteiger partial charge in [-0.25, -0.2) is 4.68 Å². The van der Waals surface area contributed by atoms with E-state index in [9.17, 15) is 14.7 Å². The summed E-state index contributed by atoms with van der Waals surface area (Å²) in [6.45, 7) is 4.48. The van der Waals surface area contributed by atoms with Crippen LogP contribution in [0.1, 0.15) is 29.5 Å². The Hall–Kier alpha value is -3.29. The summed E-state index contributed by atoms with van der Waals surface area (Å²) < 4.78 is 1.65. The quantitative estimate of drug-likeness (QED) is 0.749. The molecule has 1 aliphatic heterocycles. The van der Waals surface area contributed by atoms with Gasteiger partial charge in [0.15, 0.2) is 5.69 Å². The summed E-state index contributed by atoms with van der Waals surface area (Å²) in [5, 5.41) is 19.6. The largest absolute Gasteiger partial charge is 0.481 e. The van der Waals surface area contributed by atoms with Crippen LogP contribution in [0.3, 0.4) is 0 Å². The fraction of sp³-hybridized carbons (Fsp3) is 0.350. The number of likely N-dealkylation sites (tertiary alicyclic amines) is 1. The molecule has 28 heavy (non-hydrogen) atoms. The van der Waals surface area contributed by atoms with Crippen LogP contribution in [0.2, 0.25) is 0 Å². The number of piperidine rings is 1. The molecule has 1 aliphatic rings. The molecular weight excluding hydrogens is 358 g/mol. The molecule has 0 spiro atoms. The van der Waals surface area contributed by atoms with Gasteiger partial charge in [-0.1, -0.05) is 24.3 Å². The smallest absolute Gasteiger partial charge is 0.308 e. The number of aromatic nitrogens is 4. The first-order valence-corrected chi connectivity index (χ1v) is 9.23. The number of hydrogen-bond acceptors (Lipinski definition) is 5. The Kier molecular flexibility index (Phi) is 4.54. The lowest BCUT2D eigenvalue weighted by atomic mass is 9.90. The molecule has 0 bridgehead atoms. The van der Waals surface area contributed by atoms with Crippen molar-refractivity contribution >= 4 is 22.6 Å². The van der Waals surface area contributed by atoms with Crippen molar-refractivity contribution < 1.29 is 14.7 Å². The highest BCUT2D eigenvalue weighted by Gasteiger charge is 2.34. The molecule has 1 saturated heterocycles. The molecule has 8 heteroatoms. The average Bonchev–Trinajstić information content (AvgIpc) is 3.07.